The van der Waals surface area contributed by atoms with Crippen LogP contribution in [0.15, 0.2) is 78.9 Å². The van der Waals surface area contributed by atoms with Crippen LogP contribution in [0.5, 0.6) is 34.5 Å². The lowest BCUT2D eigenvalue weighted by Gasteiger charge is -2.28. The molecule has 7 heteroatoms. The molecule has 4 aromatic carbocycles. The molecule has 0 radical (unpaired) electrons. The standard InChI is InChI=1S/C20H22O3.C19H23NO3/c1-21-17-9-7-14(8-10-17)11-15-5-4-6-16-12-19(22-2)20(23-3)13-18(15)16;1-21-15-6-4-13(5-7-15)10-17-16-12-19(23-3)18(22-2)11-14(16)8-9-20-17/h5,7-10,12-13H,4,6,11H2,1-3H3;4-7,11-12,17,20H,8-10H2,1-3H3/t;17-/m.1/s1. The van der Waals surface area contributed by atoms with Gasteiger partial charge in [-0.2, -0.15) is 0 Å². The van der Waals surface area contributed by atoms with Gasteiger partial charge in [0.15, 0.2) is 23.0 Å². The maximum absolute atomic E-state index is 5.46. The zero-order valence-corrected chi connectivity index (χ0v) is 27.8. The molecule has 0 amide bonds. The second-order valence-corrected chi connectivity index (χ2v) is 11.4. The number of methoxy groups -OCH3 is 6. The van der Waals surface area contributed by atoms with Crippen molar-refractivity contribution >= 4 is 5.57 Å². The molecule has 0 unspecified atom stereocenters. The van der Waals surface area contributed by atoms with Gasteiger partial charge >= 0.3 is 0 Å². The molecule has 0 fully saturated rings. The Labute approximate surface area is 273 Å². The highest BCUT2D eigenvalue weighted by Crippen LogP contribution is 2.38. The van der Waals surface area contributed by atoms with E-state index in [1.54, 1.807) is 42.7 Å². The molecule has 242 valence electrons. The monoisotopic (exact) mass is 623 g/mol. The van der Waals surface area contributed by atoms with E-state index in [4.69, 9.17) is 28.4 Å². The van der Waals surface area contributed by atoms with Crippen LogP contribution in [-0.4, -0.2) is 49.2 Å². The van der Waals surface area contributed by atoms with Crippen LogP contribution in [0, 0.1) is 0 Å². The van der Waals surface area contributed by atoms with E-state index >= 15 is 0 Å². The minimum absolute atomic E-state index is 0.284. The fourth-order valence-electron chi connectivity index (χ4n) is 6.22. The van der Waals surface area contributed by atoms with Crippen LogP contribution in [0.2, 0.25) is 0 Å². The van der Waals surface area contributed by atoms with Crippen LogP contribution in [0.3, 0.4) is 0 Å². The molecule has 1 aliphatic heterocycles. The molecule has 46 heavy (non-hydrogen) atoms. The van der Waals surface area contributed by atoms with Crippen LogP contribution in [0.4, 0.5) is 0 Å². The average Bonchev–Trinajstić information content (AvgIpc) is 3.11. The number of fused-ring (bicyclic) bond motifs is 2. The first-order valence-electron chi connectivity index (χ1n) is 15.7. The van der Waals surface area contributed by atoms with Gasteiger partial charge < -0.3 is 33.7 Å². The summed E-state index contributed by atoms with van der Waals surface area (Å²) in [5, 5.41) is 3.61. The largest absolute Gasteiger partial charge is 0.497 e. The third-order valence-electron chi connectivity index (χ3n) is 8.72. The van der Waals surface area contributed by atoms with Crippen LogP contribution in [0.1, 0.15) is 45.8 Å². The topological polar surface area (TPSA) is 67.4 Å². The maximum atomic E-state index is 5.46. The number of benzene rings is 4. The van der Waals surface area contributed by atoms with Gasteiger partial charge in [-0.05, 0) is 126 Å². The van der Waals surface area contributed by atoms with Gasteiger partial charge in [-0.25, -0.2) is 0 Å². The molecule has 1 N–H and O–H groups in total. The highest BCUT2D eigenvalue weighted by molar-refractivity contribution is 5.74. The van der Waals surface area contributed by atoms with Gasteiger partial charge in [-0.3, -0.25) is 0 Å². The summed E-state index contributed by atoms with van der Waals surface area (Å²) >= 11 is 0. The molecule has 0 spiro atoms. The van der Waals surface area contributed by atoms with Gasteiger partial charge in [-0.1, -0.05) is 30.3 Å². The van der Waals surface area contributed by atoms with Gasteiger partial charge in [0.2, 0.25) is 0 Å². The fraction of sp³-hybridized carbons (Fsp3) is 0.333. The first-order chi connectivity index (χ1) is 22.5. The Kier molecular flexibility index (Phi) is 11.1. The Morgan fingerprint density at radius 3 is 1.72 bits per heavy atom. The van der Waals surface area contributed by atoms with Crippen molar-refractivity contribution in [1.82, 2.24) is 5.32 Å². The number of ether oxygens (including phenoxy) is 6. The highest BCUT2D eigenvalue weighted by atomic mass is 16.5. The molecule has 2 aliphatic rings. The summed E-state index contributed by atoms with van der Waals surface area (Å²) in [6.07, 6.45) is 7.29. The number of rotatable bonds is 10. The summed E-state index contributed by atoms with van der Waals surface area (Å²) in [5.74, 6) is 4.95. The summed E-state index contributed by atoms with van der Waals surface area (Å²) in [4.78, 5) is 0. The second-order valence-electron chi connectivity index (χ2n) is 11.4. The van der Waals surface area contributed by atoms with Crippen molar-refractivity contribution in [2.75, 3.05) is 49.2 Å². The highest BCUT2D eigenvalue weighted by Gasteiger charge is 2.23. The van der Waals surface area contributed by atoms with E-state index in [1.165, 1.54) is 39.0 Å². The van der Waals surface area contributed by atoms with Gasteiger partial charge in [0.25, 0.3) is 0 Å². The van der Waals surface area contributed by atoms with Crippen molar-refractivity contribution < 1.29 is 28.4 Å². The Bertz CT molecular complexity index is 1630. The van der Waals surface area contributed by atoms with E-state index in [0.717, 1.165) is 73.1 Å². The molecule has 6 rings (SSSR count). The lowest BCUT2D eigenvalue weighted by Crippen LogP contribution is -2.31. The SMILES string of the molecule is COc1ccc(CC2=CCCc3cc(OC)c(OC)cc32)cc1.COc1ccc(C[C@H]2NCCc3cc(OC)c(OC)cc32)cc1. The van der Waals surface area contributed by atoms with E-state index in [1.807, 2.05) is 24.3 Å². The van der Waals surface area contributed by atoms with Crippen LogP contribution >= 0.6 is 0 Å². The summed E-state index contributed by atoms with van der Waals surface area (Å²) in [6, 6.07) is 25.2. The lowest BCUT2D eigenvalue weighted by atomic mass is 9.87. The molecule has 1 aliphatic carbocycles. The smallest absolute Gasteiger partial charge is 0.161 e. The molecular weight excluding hydrogens is 578 g/mol. The zero-order chi connectivity index (χ0) is 32.5. The van der Waals surface area contributed by atoms with Gasteiger partial charge in [0, 0.05) is 6.04 Å². The number of allylic oxidation sites excluding steroid dienone is 2. The number of aryl methyl sites for hydroxylation is 1. The normalized spacial score (nSPS) is 14.8. The van der Waals surface area contributed by atoms with Crippen molar-refractivity contribution in [3.8, 4) is 34.5 Å². The van der Waals surface area contributed by atoms with Gasteiger partial charge in [0.05, 0.1) is 42.7 Å². The van der Waals surface area contributed by atoms with E-state index < -0.39 is 0 Å². The Balaban J connectivity index is 0.000000181. The molecular formula is C39H45NO6. The minimum Gasteiger partial charge on any atom is -0.497 e. The molecule has 0 saturated heterocycles. The maximum Gasteiger partial charge on any atom is 0.161 e. The summed E-state index contributed by atoms with van der Waals surface area (Å²) in [6.45, 7) is 0.976. The summed E-state index contributed by atoms with van der Waals surface area (Å²) < 4.78 is 32.2. The number of hydrogen-bond acceptors (Lipinski definition) is 7. The first kappa shape index (κ1) is 32.8. The van der Waals surface area contributed by atoms with Crippen molar-refractivity contribution in [3.63, 3.8) is 0 Å². The molecule has 1 atom stereocenters. The lowest BCUT2D eigenvalue weighted by molar-refractivity contribution is 0.352. The number of hydrogen-bond donors (Lipinski definition) is 1. The average molecular weight is 624 g/mol. The van der Waals surface area contributed by atoms with Crippen molar-refractivity contribution in [2.24, 2.45) is 0 Å². The second kappa shape index (κ2) is 15.6. The Morgan fingerprint density at radius 1 is 0.587 bits per heavy atom. The van der Waals surface area contributed by atoms with Crippen LogP contribution < -0.4 is 33.7 Å². The third kappa shape index (κ3) is 7.60. The number of nitrogens with one attached hydrogen (secondary N) is 1. The quantitative estimate of drug-likeness (QED) is 0.197. The van der Waals surface area contributed by atoms with Crippen molar-refractivity contribution in [2.45, 2.75) is 38.1 Å². The van der Waals surface area contributed by atoms with Crippen molar-refractivity contribution in [3.05, 3.63) is 112 Å². The Hall–Kier alpha value is -4.62. The van der Waals surface area contributed by atoms with E-state index in [-0.39, 0.29) is 6.04 Å². The Morgan fingerprint density at radius 2 is 1.13 bits per heavy atom. The van der Waals surface area contributed by atoms with Gasteiger partial charge in [-0.15, -0.1) is 0 Å². The summed E-state index contributed by atoms with van der Waals surface area (Å²) in [5.41, 5.74) is 9.13. The molecule has 4 aromatic rings. The zero-order valence-electron chi connectivity index (χ0n) is 27.8. The predicted octanol–water partition coefficient (Wildman–Crippen LogP) is 7.43. The van der Waals surface area contributed by atoms with Crippen LogP contribution in [0.25, 0.3) is 5.57 Å². The van der Waals surface area contributed by atoms with Crippen LogP contribution in [-0.2, 0) is 25.7 Å². The fourth-order valence-corrected chi connectivity index (χ4v) is 6.22. The van der Waals surface area contributed by atoms with E-state index in [9.17, 15) is 0 Å². The van der Waals surface area contributed by atoms with E-state index in [0.29, 0.717) is 0 Å². The van der Waals surface area contributed by atoms with E-state index in [2.05, 4.69) is 59.9 Å². The first-order valence-corrected chi connectivity index (χ1v) is 15.7. The molecule has 7 nitrogen and oxygen atoms in total. The van der Waals surface area contributed by atoms with Gasteiger partial charge in [0.1, 0.15) is 11.5 Å². The summed E-state index contributed by atoms with van der Waals surface area (Å²) in [7, 11) is 10.1. The molecule has 0 bridgehead atoms. The molecule has 1 heterocycles. The molecule has 0 saturated carbocycles. The minimum atomic E-state index is 0.284. The predicted molar refractivity (Wildman–Crippen MR) is 183 cm³/mol. The van der Waals surface area contributed by atoms with Crippen molar-refractivity contribution in [1.29, 1.82) is 0 Å². The molecule has 0 aromatic heterocycles. The third-order valence-corrected chi connectivity index (χ3v) is 8.72.